The van der Waals surface area contributed by atoms with Crippen molar-refractivity contribution in [1.29, 1.82) is 0 Å². The summed E-state index contributed by atoms with van der Waals surface area (Å²) in [6, 6.07) is 25.5. The molecule has 5 nitrogen and oxygen atoms in total. The van der Waals surface area contributed by atoms with E-state index in [2.05, 4.69) is 34.9 Å². The van der Waals surface area contributed by atoms with Crippen molar-refractivity contribution in [2.75, 3.05) is 6.61 Å². The maximum absolute atomic E-state index is 12.9. The van der Waals surface area contributed by atoms with E-state index in [1.165, 1.54) is 11.1 Å². The smallest absolute Gasteiger partial charge is 0.407 e. The predicted octanol–water partition coefficient (Wildman–Crippen LogP) is 5.26. The molecule has 170 valence electrons. The molecule has 5 heteroatoms. The van der Waals surface area contributed by atoms with E-state index in [0.717, 1.165) is 23.1 Å². The van der Waals surface area contributed by atoms with Crippen LogP contribution in [0.4, 0.5) is 4.79 Å². The maximum Gasteiger partial charge on any atom is 0.407 e. The van der Waals surface area contributed by atoms with Crippen LogP contribution in [-0.4, -0.2) is 24.6 Å². The second kappa shape index (κ2) is 10.3. The molecular formula is C28H30N2O3. The van der Waals surface area contributed by atoms with Crippen LogP contribution >= 0.6 is 0 Å². The third-order valence-corrected chi connectivity index (χ3v) is 6.42. The molecular weight excluding hydrogens is 412 g/mol. The number of ether oxygens (including phenoxy) is 1. The Labute approximate surface area is 195 Å². The zero-order valence-electron chi connectivity index (χ0n) is 19.1. The van der Waals surface area contributed by atoms with Gasteiger partial charge in [0.25, 0.3) is 0 Å². The highest BCUT2D eigenvalue weighted by Crippen LogP contribution is 2.44. The average Bonchev–Trinajstić information content (AvgIpc) is 3.18. The van der Waals surface area contributed by atoms with Gasteiger partial charge in [-0.3, -0.25) is 4.79 Å². The van der Waals surface area contributed by atoms with Crippen molar-refractivity contribution in [3.63, 3.8) is 0 Å². The molecule has 0 radical (unpaired) electrons. The molecule has 3 aromatic rings. The topological polar surface area (TPSA) is 67.4 Å². The largest absolute Gasteiger partial charge is 0.449 e. The molecule has 3 aromatic carbocycles. The number of benzene rings is 3. The van der Waals surface area contributed by atoms with Crippen molar-refractivity contribution in [2.45, 2.75) is 38.8 Å². The van der Waals surface area contributed by atoms with Gasteiger partial charge in [0.2, 0.25) is 5.91 Å². The third kappa shape index (κ3) is 5.08. The molecule has 0 bridgehead atoms. The third-order valence-electron chi connectivity index (χ3n) is 6.42. The lowest BCUT2D eigenvalue weighted by Gasteiger charge is -2.24. The zero-order chi connectivity index (χ0) is 23.2. The molecule has 0 heterocycles. The molecule has 0 spiro atoms. The fraction of sp³-hybridized carbons (Fsp3) is 0.286. The summed E-state index contributed by atoms with van der Waals surface area (Å²) in [7, 11) is 0. The molecule has 2 atom stereocenters. The first kappa shape index (κ1) is 22.6. The normalized spacial score (nSPS) is 14.0. The lowest BCUT2D eigenvalue weighted by molar-refractivity contribution is -0.124. The Morgan fingerprint density at radius 1 is 0.879 bits per heavy atom. The fourth-order valence-corrected chi connectivity index (χ4v) is 4.36. The molecule has 0 aliphatic heterocycles. The van der Waals surface area contributed by atoms with E-state index in [4.69, 9.17) is 4.74 Å². The van der Waals surface area contributed by atoms with Crippen LogP contribution in [0, 0.1) is 5.92 Å². The molecule has 0 saturated carbocycles. The second-order valence-electron chi connectivity index (χ2n) is 8.54. The number of amides is 2. The minimum absolute atomic E-state index is 0.0166. The summed E-state index contributed by atoms with van der Waals surface area (Å²) < 4.78 is 5.65. The number of fused-ring (bicyclic) bond motifs is 3. The van der Waals surface area contributed by atoms with E-state index in [1.807, 2.05) is 68.4 Å². The van der Waals surface area contributed by atoms with Crippen molar-refractivity contribution >= 4 is 12.0 Å². The first-order valence-corrected chi connectivity index (χ1v) is 11.5. The molecule has 0 fully saturated rings. The van der Waals surface area contributed by atoms with Crippen molar-refractivity contribution in [3.8, 4) is 11.1 Å². The van der Waals surface area contributed by atoms with Gasteiger partial charge in [0.1, 0.15) is 12.6 Å². The summed E-state index contributed by atoms with van der Waals surface area (Å²) in [6.45, 7) is 4.59. The van der Waals surface area contributed by atoms with Gasteiger partial charge in [-0.25, -0.2) is 4.79 Å². The van der Waals surface area contributed by atoms with Crippen LogP contribution in [0.3, 0.4) is 0 Å². The van der Waals surface area contributed by atoms with E-state index < -0.39 is 12.1 Å². The number of carbonyl (C=O) groups excluding carboxylic acids is 2. The summed E-state index contributed by atoms with van der Waals surface area (Å²) in [5.74, 6) is -0.250. The highest BCUT2D eigenvalue weighted by molar-refractivity contribution is 5.86. The Morgan fingerprint density at radius 2 is 1.45 bits per heavy atom. The molecule has 2 N–H and O–H groups in total. The summed E-state index contributed by atoms with van der Waals surface area (Å²) in [6.07, 6.45) is 0.185. The minimum atomic E-state index is -0.658. The highest BCUT2D eigenvalue weighted by atomic mass is 16.5. The second-order valence-corrected chi connectivity index (χ2v) is 8.54. The van der Waals surface area contributed by atoms with E-state index in [9.17, 15) is 9.59 Å². The van der Waals surface area contributed by atoms with E-state index in [-0.39, 0.29) is 24.3 Å². The van der Waals surface area contributed by atoms with Gasteiger partial charge in [-0.1, -0.05) is 99.1 Å². The number of carbonyl (C=O) groups is 2. The van der Waals surface area contributed by atoms with Gasteiger partial charge >= 0.3 is 6.09 Å². The van der Waals surface area contributed by atoms with Crippen molar-refractivity contribution in [2.24, 2.45) is 5.92 Å². The number of rotatable bonds is 8. The minimum Gasteiger partial charge on any atom is -0.449 e. The van der Waals surface area contributed by atoms with Gasteiger partial charge in [-0.2, -0.15) is 0 Å². The number of hydrogen-bond donors (Lipinski definition) is 2. The van der Waals surface area contributed by atoms with Gasteiger partial charge in [0, 0.05) is 12.5 Å². The monoisotopic (exact) mass is 442 g/mol. The summed E-state index contributed by atoms with van der Waals surface area (Å²) in [5.41, 5.74) is 5.69. The van der Waals surface area contributed by atoms with Crippen molar-refractivity contribution < 1.29 is 14.3 Å². The van der Waals surface area contributed by atoms with E-state index >= 15 is 0 Å². The summed E-state index contributed by atoms with van der Waals surface area (Å²) >= 11 is 0. The fourth-order valence-electron chi connectivity index (χ4n) is 4.36. The molecule has 0 saturated heterocycles. The Kier molecular flexibility index (Phi) is 7.08. The molecule has 4 rings (SSSR count). The van der Waals surface area contributed by atoms with Crippen LogP contribution in [0.25, 0.3) is 11.1 Å². The standard InChI is InChI=1S/C28H30N2O3/c1-3-19(2)26(27(31)29-17-20-11-5-4-6-12-20)30-28(32)33-18-25-23-15-9-7-13-21(23)22-14-8-10-16-24(22)25/h4-16,19,25-26H,3,17-18H2,1-2H3,(H,29,31)(H,30,32)/t19?,26-/m0/s1. The Hall–Kier alpha value is -3.60. The van der Waals surface area contributed by atoms with Gasteiger partial charge in [0.15, 0.2) is 0 Å². The van der Waals surface area contributed by atoms with Gasteiger partial charge < -0.3 is 15.4 Å². The van der Waals surface area contributed by atoms with Crippen molar-refractivity contribution in [3.05, 3.63) is 95.6 Å². The summed E-state index contributed by atoms with van der Waals surface area (Å²) in [4.78, 5) is 25.6. The molecule has 1 aliphatic carbocycles. The average molecular weight is 443 g/mol. The predicted molar refractivity (Wildman–Crippen MR) is 130 cm³/mol. The highest BCUT2D eigenvalue weighted by Gasteiger charge is 2.30. The van der Waals surface area contributed by atoms with Crippen LogP contribution in [0.2, 0.25) is 0 Å². The first-order valence-electron chi connectivity index (χ1n) is 11.5. The molecule has 1 unspecified atom stereocenters. The summed E-state index contributed by atoms with van der Waals surface area (Å²) in [5, 5.41) is 5.74. The Balaban J connectivity index is 1.39. The maximum atomic E-state index is 12.9. The molecule has 1 aliphatic rings. The van der Waals surface area contributed by atoms with Gasteiger partial charge in [-0.05, 0) is 33.7 Å². The first-order chi connectivity index (χ1) is 16.1. The Bertz CT molecular complexity index is 1070. The van der Waals surface area contributed by atoms with Crippen LogP contribution in [0.15, 0.2) is 78.9 Å². The lowest BCUT2D eigenvalue weighted by atomic mass is 9.98. The van der Waals surface area contributed by atoms with Gasteiger partial charge in [-0.15, -0.1) is 0 Å². The quantitative estimate of drug-likeness (QED) is 0.500. The SMILES string of the molecule is CCC(C)[C@H](NC(=O)OCC1c2ccccc2-c2ccccc21)C(=O)NCc1ccccc1. The van der Waals surface area contributed by atoms with Crippen LogP contribution in [-0.2, 0) is 16.1 Å². The van der Waals surface area contributed by atoms with E-state index in [1.54, 1.807) is 0 Å². The van der Waals surface area contributed by atoms with Crippen molar-refractivity contribution in [1.82, 2.24) is 10.6 Å². The number of hydrogen-bond acceptors (Lipinski definition) is 3. The van der Waals surface area contributed by atoms with Crippen LogP contribution < -0.4 is 10.6 Å². The number of nitrogens with one attached hydrogen (secondary N) is 2. The molecule has 0 aromatic heterocycles. The zero-order valence-corrected chi connectivity index (χ0v) is 19.1. The molecule has 2 amide bonds. The van der Waals surface area contributed by atoms with E-state index in [0.29, 0.717) is 6.54 Å². The van der Waals surface area contributed by atoms with Crippen LogP contribution in [0.5, 0.6) is 0 Å². The van der Waals surface area contributed by atoms with Crippen LogP contribution in [0.1, 0.15) is 42.9 Å². The van der Waals surface area contributed by atoms with Gasteiger partial charge in [0.05, 0.1) is 0 Å². The molecule has 33 heavy (non-hydrogen) atoms. The number of alkyl carbamates (subject to hydrolysis) is 1. The Morgan fingerprint density at radius 3 is 2.06 bits per heavy atom. The lowest BCUT2D eigenvalue weighted by Crippen LogP contribution is -2.50.